The first-order valence-corrected chi connectivity index (χ1v) is 9.53. The van der Waals surface area contributed by atoms with Crippen molar-refractivity contribution in [3.8, 4) is 11.5 Å². The van der Waals surface area contributed by atoms with Crippen molar-refractivity contribution in [3.63, 3.8) is 0 Å². The summed E-state index contributed by atoms with van der Waals surface area (Å²) in [7, 11) is 1.65. The molecule has 0 atom stereocenters. The van der Waals surface area contributed by atoms with Crippen LogP contribution in [0, 0.1) is 0 Å². The van der Waals surface area contributed by atoms with E-state index in [1.165, 1.54) is 11.3 Å². The highest BCUT2D eigenvalue weighted by atomic mass is 16.5. The summed E-state index contributed by atoms with van der Waals surface area (Å²) in [5, 5.41) is 3.31. The molecule has 1 aliphatic heterocycles. The molecule has 0 bridgehead atoms. The van der Waals surface area contributed by atoms with Gasteiger partial charge < -0.3 is 19.7 Å². The van der Waals surface area contributed by atoms with Crippen LogP contribution >= 0.6 is 0 Å². The summed E-state index contributed by atoms with van der Waals surface area (Å²) < 4.78 is 10.9. The van der Waals surface area contributed by atoms with Crippen molar-refractivity contribution in [1.29, 1.82) is 0 Å². The van der Waals surface area contributed by atoms with E-state index in [2.05, 4.69) is 39.5 Å². The monoisotopic (exact) mass is 376 g/mol. The number of para-hydroxylation sites is 1. The van der Waals surface area contributed by atoms with Crippen molar-refractivity contribution in [3.05, 3.63) is 66.4 Å². The topological polar surface area (TPSA) is 59.5 Å². The number of fused-ring (bicyclic) bond motifs is 1. The molecule has 2 heterocycles. The normalized spacial score (nSPS) is 13.0. The van der Waals surface area contributed by atoms with Gasteiger partial charge in [0.15, 0.2) is 0 Å². The van der Waals surface area contributed by atoms with Gasteiger partial charge in [-0.1, -0.05) is 18.2 Å². The molecule has 6 heteroatoms. The van der Waals surface area contributed by atoms with E-state index in [0.29, 0.717) is 13.2 Å². The number of benzene rings is 2. The molecule has 0 amide bonds. The van der Waals surface area contributed by atoms with E-state index in [1.807, 2.05) is 30.3 Å². The minimum atomic E-state index is 0.540. The largest absolute Gasteiger partial charge is 0.497 e. The molecule has 0 spiro atoms. The number of nitrogens with one attached hydrogen (secondary N) is 1. The van der Waals surface area contributed by atoms with Crippen molar-refractivity contribution in [2.45, 2.75) is 12.8 Å². The Morgan fingerprint density at radius 2 is 1.86 bits per heavy atom. The van der Waals surface area contributed by atoms with Gasteiger partial charge in [0.25, 0.3) is 0 Å². The minimum Gasteiger partial charge on any atom is -0.497 e. The molecular formula is C22H24N4O2. The van der Waals surface area contributed by atoms with Crippen LogP contribution in [0.25, 0.3) is 0 Å². The molecule has 4 rings (SSSR count). The summed E-state index contributed by atoms with van der Waals surface area (Å²) >= 11 is 0. The highest BCUT2D eigenvalue weighted by molar-refractivity contribution is 5.64. The second-order valence-electron chi connectivity index (χ2n) is 6.58. The number of methoxy groups -OCH3 is 1. The maximum atomic E-state index is 5.75. The highest BCUT2D eigenvalue weighted by Gasteiger charge is 2.19. The van der Waals surface area contributed by atoms with Gasteiger partial charge in [0.2, 0.25) is 5.95 Å². The van der Waals surface area contributed by atoms with Gasteiger partial charge in [-0.15, -0.1) is 0 Å². The van der Waals surface area contributed by atoms with Crippen LogP contribution in [0.15, 0.2) is 60.8 Å². The Hall–Kier alpha value is -3.28. The molecular weight excluding hydrogens is 352 g/mol. The molecule has 3 aromatic rings. The number of anilines is 3. The molecule has 0 unspecified atom stereocenters. The maximum Gasteiger partial charge on any atom is 0.231 e. The van der Waals surface area contributed by atoms with Crippen LogP contribution < -0.4 is 19.7 Å². The fraction of sp³-hybridized carbons (Fsp3) is 0.273. The van der Waals surface area contributed by atoms with E-state index in [4.69, 9.17) is 14.5 Å². The summed E-state index contributed by atoms with van der Waals surface area (Å²) in [6.07, 6.45) is 4.01. The molecule has 0 saturated heterocycles. The lowest BCUT2D eigenvalue weighted by Crippen LogP contribution is -2.26. The van der Waals surface area contributed by atoms with E-state index in [9.17, 15) is 0 Å². The third kappa shape index (κ3) is 4.17. The van der Waals surface area contributed by atoms with Gasteiger partial charge in [-0.25, -0.2) is 4.98 Å². The van der Waals surface area contributed by atoms with E-state index >= 15 is 0 Å². The smallest absolute Gasteiger partial charge is 0.231 e. The number of aryl methyl sites for hydroxylation is 1. The summed E-state index contributed by atoms with van der Waals surface area (Å²) in [6, 6.07) is 17.9. The molecule has 144 valence electrons. The number of hydrogen-bond acceptors (Lipinski definition) is 6. The second kappa shape index (κ2) is 8.61. The van der Waals surface area contributed by atoms with Crippen LogP contribution in [-0.2, 0) is 6.42 Å². The van der Waals surface area contributed by atoms with Gasteiger partial charge in [0, 0.05) is 18.4 Å². The van der Waals surface area contributed by atoms with Crippen LogP contribution in [-0.4, -0.2) is 36.8 Å². The van der Waals surface area contributed by atoms with Gasteiger partial charge in [-0.3, -0.25) is 0 Å². The predicted molar refractivity (Wildman–Crippen MR) is 111 cm³/mol. The zero-order valence-electron chi connectivity index (χ0n) is 16.0. The van der Waals surface area contributed by atoms with Gasteiger partial charge in [-0.05, 0) is 54.8 Å². The second-order valence-corrected chi connectivity index (χ2v) is 6.58. The Bertz CT molecular complexity index is 914. The summed E-state index contributed by atoms with van der Waals surface area (Å²) in [5.74, 6) is 3.16. The van der Waals surface area contributed by atoms with E-state index in [0.717, 1.165) is 42.7 Å². The van der Waals surface area contributed by atoms with Crippen LogP contribution in [0.5, 0.6) is 11.5 Å². The molecule has 2 aromatic carbocycles. The standard InChI is InChI=1S/C22H24N4O2/c1-27-18-8-10-19(11-9-18)28-16-14-23-21-12-13-24-22(25-21)26-15-4-6-17-5-2-3-7-20(17)26/h2-3,5,7-13H,4,6,14-16H2,1H3,(H,23,24,25). The summed E-state index contributed by atoms with van der Waals surface area (Å²) in [4.78, 5) is 11.4. The molecule has 0 fully saturated rings. The number of nitrogens with zero attached hydrogens (tertiary/aromatic N) is 3. The number of aromatic nitrogens is 2. The van der Waals surface area contributed by atoms with E-state index in [-0.39, 0.29) is 0 Å². The van der Waals surface area contributed by atoms with Gasteiger partial charge >= 0.3 is 0 Å². The first-order valence-electron chi connectivity index (χ1n) is 9.53. The van der Waals surface area contributed by atoms with Crippen molar-refractivity contribution in [2.24, 2.45) is 0 Å². The van der Waals surface area contributed by atoms with Crippen LogP contribution in [0.4, 0.5) is 17.5 Å². The molecule has 1 aromatic heterocycles. The fourth-order valence-electron chi connectivity index (χ4n) is 3.34. The summed E-state index contributed by atoms with van der Waals surface area (Å²) in [5.41, 5.74) is 2.55. The molecule has 0 radical (unpaired) electrons. The first-order chi connectivity index (χ1) is 13.8. The maximum absolute atomic E-state index is 5.75. The number of ether oxygens (including phenoxy) is 2. The minimum absolute atomic E-state index is 0.540. The predicted octanol–water partition coefficient (Wildman–Crippen LogP) is 4.06. The van der Waals surface area contributed by atoms with Gasteiger partial charge in [-0.2, -0.15) is 4.98 Å². The molecule has 0 saturated carbocycles. The van der Waals surface area contributed by atoms with Crippen molar-refractivity contribution in [2.75, 3.05) is 37.0 Å². The molecule has 1 aliphatic rings. The lowest BCUT2D eigenvalue weighted by Gasteiger charge is -2.29. The third-order valence-corrected chi connectivity index (χ3v) is 4.73. The molecule has 1 N–H and O–H groups in total. The molecule has 28 heavy (non-hydrogen) atoms. The van der Waals surface area contributed by atoms with E-state index in [1.54, 1.807) is 13.3 Å². The van der Waals surface area contributed by atoms with Crippen molar-refractivity contribution in [1.82, 2.24) is 9.97 Å². The Morgan fingerprint density at radius 3 is 2.71 bits per heavy atom. The zero-order chi connectivity index (χ0) is 19.2. The SMILES string of the molecule is COc1ccc(OCCNc2ccnc(N3CCCc4ccccc43)n2)cc1. The average molecular weight is 376 g/mol. The quantitative estimate of drug-likeness (QED) is 0.628. The van der Waals surface area contributed by atoms with Crippen LogP contribution in [0.3, 0.4) is 0 Å². The zero-order valence-corrected chi connectivity index (χ0v) is 16.0. The fourth-order valence-corrected chi connectivity index (χ4v) is 3.34. The number of rotatable bonds is 7. The third-order valence-electron chi connectivity index (χ3n) is 4.73. The average Bonchev–Trinajstić information content (AvgIpc) is 2.77. The van der Waals surface area contributed by atoms with E-state index < -0.39 is 0 Å². The van der Waals surface area contributed by atoms with Gasteiger partial charge in [0.1, 0.15) is 23.9 Å². The Balaban J connectivity index is 1.35. The number of hydrogen-bond donors (Lipinski definition) is 1. The lowest BCUT2D eigenvalue weighted by molar-refractivity contribution is 0.331. The summed E-state index contributed by atoms with van der Waals surface area (Å²) in [6.45, 7) is 2.12. The molecule has 0 aliphatic carbocycles. The van der Waals surface area contributed by atoms with Crippen molar-refractivity contribution >= 4 is 17.5 Å². The Morgan fingerprint density at radius 1 is 1.04 bits per heavy atom. The lowest BCUT2D eigenvalue weighted by atomic mass is 10.0. The Kier molecular flexibility index (Phi) is 5.56. The first kappa shape index (κ1) is 18.1. The van der Waals surface area contributed by atoms with Gasteiger partial charge in [0.05, 0.1) is 13.7 Å². The molecule has 6 nitrogen and oxygen atoms in total. The van der Waals surface area contributed by atoms with Crippen molar-refractivity contribution < 1.29 is 9.47 Å². The van der Waals surface area contributed by atoms with Crippen LogP contribution in [0.2, 0.25) is 0 Å². The highest BCUT2D eigenvalue weighted by Crippen LogP contribution is 2.31. The Labute approximate surface area is 165 Å². The van der Waals surface area contributed by atoms with Crippen LogP contribution in [0.1, 0.15) is 12.0 Å².